The lowest BCUT2D eigenvalue weighted by atomic mass is 10.1. The maximum absolute atomic E-state index is 12.8. The highest BCUT2D eigenvalue weighted by atomic mass is 16.5. The Labute approximate surface area is 184 Å². The Morgan fingerprint density at radius 3 is 2.22 bits per heavy atom. The molecule has 9 nitrogen and oxygen atoms in total. The van der Waals surface area contributed by atoms with Gasteiger partial charge in [-0.2, -0.15) is 5.10 Å². The lowest BCUT2D eigenvalue weighted by molar-refractivity contribution is 0.0843. The highest BCUT2D eigenvalue weighted by Crippen LogP contribution is 2.17. The van der Waals surface area contributed by atoms with Gasteiger partial charge in [-0.05, 0) is 44.2 Å². The van der Waals surface area contributed by atoms with E-state index >= 15 is 0 Å². The summed E-state index contributed by atoms with van der Waals surface area (Å²) in [5.74, 6) is -1.05. The van der Waals surface area contributed by atoms with Crippen LogP contribution in [-0.2, 0) is 4.74 Å². The van der Waals surface area contributed by atoms with Crippen LogP contribution in [0, 0.1) is 0 Å². The summed E-state index contributed by atoms with van der Waals surface area (Å²) in [4.78, 5) is 40.2. The Balaban J connectivity index is 1.49. The molecule has 2 heterocycles. The summed E-state index contributed by atoms with van der Waals surface area (Å²) in [6.45, 7) is 6.60. The van der Waals surface area contributed by atoms with Crippen molar-refractivity contribution in [1.29, 1.82) is 0 Å². The van der Waals surface area contributed by atoms with E-state index in [0.29, 0.717) is 29.5 Å². The number of aromatic nitrogens is 2. The number of amides is 2. The van der Waals surface area contributed by atoms with E-state index in [9.17, 15) is 14.4 Å². The first-order chi connectivity index (χ1) is 15.5. The number of nitrogens with zero attached hydrogens (tertiary/aromatic N) is 3. The summed E-state index contributed by atoms with van der Waals surface area (Å²) in [6, 6.07) is 13.7. The first-order valence-corrected chi connectivity index (χ1v) is 10.5. The van der Waals surface area contributed by atoms with Gasteiger partial charge in [-0.15, -0.1) is 0 Å². The normalized spacial score (nSPS) is 13.9. The number of hydrogen-bond acceptors (Lipinski definition) is 6. The van der Waals surface area contributed by atoms with Crippen LogP contribution in [0.25, 0.3) is 10.8 Å². The summed E-state index contributed by atoms with van der Waals surface area (Å²) >= 11 is 0. The molecule has 9 heteroatoms. The van der Waals surface area contributed by atoms with E-state index in [-0.39, 0.29) is 17.3 Å². The molecule has 3 aromatic rings. The van der Waals surface area contributed by atoms with Gasteiger partial charge in [0.2, 0.25) is 0 Å². The number of carbonyl (C=O) groups is 2. The van der Waals surface area contributed by atoms with Crippen molar-refractivity contribution in [3.05, 3.63) is 70.1 Å². The van der Waals surface area contributed by atoms with Crippen LogP contribution in [0.2, 0.25) is 0 Å². The van der Waals surface area contributed by atoms with Crippen molar-refractivity contribution in [2.75, 3.05) is 31.2 Å². The minimum absolute atomic E-state index is 0.0665. The molecule has 0 bridgehead atoms. The third-order valence-corrected chi connectivity index (χ3v) is 5.33. The van der Waals surface area contributed by atoms with Gasteiger partial charge in [0.1, 0.15) is 0 Å². The maximum Gasteiger partial charge on any atom is 0.290 e. The van der Waals surface area contributed by atoms with Gasteiger partial charge < -0.3 is 9.64 Å². The lowest BCUT2D eigenvalue weighted by Crippen LogP contribution is -2.43. The van der Waals surface area contributed by atoms with Crippen molar-refractivity contribution < 1.29 is 14.3 Å². The Bertz CT molecular complexity index is 1200. The predicted octanol–water partition coefficient (Wildman–Crippen LogP) is 1.89. The largest absolute Gasteiger partial charge is 0.378 e. The molecule has 0 radical (unpaired) electrons. The fraction of sp³-hybridized carbons (Fsp3) is 0.304. The summed E-state index contributed by atoms with van der Waals surface area (Å²) in [7, 11) is 0. The van der Waals surface area contributed by atoms with E-state index < -0.39 is 11.8 Å². The molecular weight excluding hydrogens is 410 g/mol. The number of hydrazine groups is 1. The molecule has 1 aliphatic rings. The first-order valence-electron chi connectivity index (χ1n) is 10.5. The zero-order chi connectivity index (χ0) is 22.7. The fourth-order valence-electron chi connectivity index (χ4n) is 3.61. The van der Waals surface area contributed by atoms with Crippen molar-refractivity contribution in [2.24, 2.45) is 0 Å². The van der Waals surface area contributed by atoms with Gasteiger partial charge >= 0.3 is 0 Å². The number of morpholine rings is 1. The predicted molar refractivity (Wildman–Crippen MR) is 121 cm³/mol. The number of carbonyl (C=O) groups excluding carboxylic acids is 2. The molecule has 32 heavy (non-hydrogen) atoms. The van der Waals surface area contributed by atoms with Crippen molar-refractivity contribution in [2.45, 2.75) is 19.9 Å². The standard InChI is InChI=1S/C23H25N5O4/c1-15(2)28-23(31)19-6-4-3-5-18(19)20(26-28)22(30)25-24-21(29)16-7-9-17(10-8-16)27-11-13-32-14-12-27/h3-10,15H,11-14H2,1-2H3,(H,24,29)(H,25,30). The van der Waals surface area contributed by atoms with Crippen molar-refractivity contribution in [3.8, 4) is 0 Å². The molecule has 2 amide bonds. The van der Waals surface area contributed by atoms with E-state index in [1.54, 1.807) is 36.4 Å². The van der Waals surface area contributed by atoms with Gasteiger partial charge in [0.15, 0.2) is 5.69 Å². The van der Waals surface area contributed by atoms with Gasteiger partial charge in [0, 0.05) is 29.7 Å². The van der Waals surface area contributed by atoms with Crippen molar-refractivity contribution in [1.82, 2.24) is 20.6 Å². The molecule has 166 valence electrons. The molecule has 2 aromatic carbocycles. The van der Waals surface area contributed by atoms with Crippen LogP contribution in [-0.4, -0.2) is 47.9 Å². The van der Waals surface area contributed by atoms with Crippen LogP contribution < -0.4 is 21.3 Å². The van der Waals surface area contributed by atoms with Crippen molar-refractivity contribution in [3.63, 3.8) is 0 Å². The van der Waals surface area contributed by atoms with E-state index in [1.807, 2.05) is 26.0 Å². The number of nitrogens with one attached hydrogen (secondary N) is 2. The average Bonchev–Trinajstić information content (AvgIpc) is 2.83. The third-order valence-electron chi connectivity index (χ3n) is 5.33. The van der Waals surface area contributed by atoms with Gasteiger partial charge in [-0.25, -0.2) is 4.68 Å². The van der Waals surface area contributed by atoms with Crippen LogP contribution in [0.15, 0.2) is 53.3 Å². The second-order valence-electron chi connectivity index (χ2n) is 7.79. The second-order valence-corrected chi connectivity index (χ2v) is 7.79. The SMILES string of the molecule is CC(C)n1nc(C(=O)NNC(=O)c2ccc(N3CCOCC3)cc2)c2ccccc2c1=O. The average molecular weight is 435 g/mol. The van der Waals surface area contributed by atoms with Crippen LogP contribution in [0.4, 0.5) is 5.69 Å². The third kappa shape index (κ3) is 4.33. The highest BCUT2D eigenvalue weighted by molar-refractivity contribution is 6.06. The van der Waals surface area contributed by atoms with Crippen LogP contribution in [0.1, 0.15) is 40.7 Å². The smallest absolute Gasteiger partial charge is 0.290 e. The number of rotatable bonds is 4. The number of anilines is 1. The molecule has 0 unspecified atom stereocenters. The molecule has 1 aliphatic heterocycles. The summed E-state index contributed by atoms with van der Waals surface area (Å²) in [6.07, 6.45) is 0. The van der Waals surface area contributed by atoms with Crippen LogP contribution >= 0.6 is 0 Å². The van der Waals surface area contributed by atoms with E-state index in [1.165, 1.54) is 4.68 Å². The van der Waals surface area contributed by atoms with Crippen LogP contribution in [0.3, 0.4) is 0 Å². The zero-order valence-electron chi connectivity index (χ0n) is 18.0. The lowest BCUT2D eigenvalue weighted by Gasteiger charge is -2.28. The Morgan fingerprint density at radius 1 is 0.938 bits per heavy atom. The van der Waals surface area contributed by atoms with Crippen LogP contribution in [0.5, 0.6) is 0 Å². The van der Waals surface area contributed by atoms with Gasteiger partial charge in [-0.1, -0.05) is 18.2 Å². The molecule has 4 rings (SSSR count). The quantitative estimate of drug-likeness (QED) is 0.607. The summed E-state index contributed by atoms with van der Waals surface area (Å²) in [5.41, 5.74) is 6.06. The molecule has 0 spiro atoms. The van der Waals surface area contributed by atoms with Crippen molar-refractivity contribution >= 4 is 28.3 Å². The second kappa shape index (κ2) is 9.19. The number of hydrogen-bond donors (Lipinski definition) is 2. The molecule has 0 atom stereocenters. The minimum Gasteiger partial charge on any atom is -0.378 e. The molecule has 1 fully saturated rings. The topological polar surface area (TPSA) is 106 Å². The molecule has 1 aromatic heterocycles. The highest BCUT2D eigenvalue weighted by Gasteiger charge is 2.19. The van der Waals surface area contributed by atoms with Gasteiger partial charge in [0.25, 0.3) is 17.4 Å². The van der Waals surface area contributed by atoms with E-state index in [2.05, 4.69) is 20.9 Å². The Hall–Kier alpha value is -3.72. The van der Waals surface area contributed by atoms with Gasteiger partial charge in [-0.3, -0.25) is 25.2 Å². The Morgan fingerprint density at radius 2 is 1.56 bits per heavy atom. The maximum atomic E-state index is 12.8. The number of ether oxygens (including phenoxy) is 1. The molecule has 1 saturated heterocycles. The zero-order valence-corrected chi connectivity index (χ0v) is 18.0. The first kappa shape index (κ1) is 21.5. The molecule has 0 aliphatic carbocycles. The Kier molecular flexibility index (Phi) is 6.18. The molecular formula is C23H25N5O4. The van der Waals surface area contributed by atoms with E-state index in [4.69, 9.17) is 4.74 Å². The summed E-state index contributed by atoms with van der Waals surface area (Å²) < 4.78 is 6.62. The fourth-order valence-corrected chi connectivity index (χ4v) is 3.61. The molecule has 0 saturated carbocycles. The number of fused-ring (bicyclic) bond motifs is 1. The molecule has 2 N–H and O–H groups in total. The summed E-state index contributed by atoms with van der Waals surface area (Å²) in [5, 5.41) is 5.06. The monoisotopic (exact) mass is 435 g/mol. The van der Waals surface area contributed by atoms with E-state index in [0.717, 1.165) is 18.8 Å². The number of benzene rings is 2. The van der Waals surface area contributed by atoms with Gasteiger partial charge in [0.05, 0.1) is 24.6 Å². The minimum atomic E-state index is -0.603.